The van der Waals surface area contributed by atoms with Crippen LogP contribution < -0.4 is 5.21 Å². The van der Waals surface area contributed by atoms with Crippen molar-refractivity contribution in [3.8, 4) is 11.3 Å². The van der Waals surface area contributed by atoms with Gasteiger partial charge in [-0.25, -0.2) is 0 Å². The molecule has 0 saturated heterocycles. The van der Waals surface area contributed by atoms with E-state index in [1.54, 1.807) is 6.20 Å². The van der Waals surface area contributed by atoms with Gasteiger partial charge in [0.15, 0.2) is 0 Å². The summed E-state index contributed by atoms with van der Waals surface area (Å²) in [6, 6.07) is 9.85. The minimum absolute atomic E-state index is 0.825. The fraction of sp³-hybridized carbons (Fsp3) is 0. The predicted molar refractivity (Wildman–Crippen MR) is 40.8 cm³/mol. The topological polar surface area (TPSA) is 39.9 Å². The normalized spacial score (nSPS) is 9.82. The van der Waals surface area contributed by atoms with Gasteiger partial charge in [-0.1, -0.05) is 30.3 Å². The molecule has 0 radical (unpaired) electrons. The Morgan fingerprint density at radius 2 is 1.91 bits per heavy atom. The maximum absolute atomic E-state index is 3.83. The highest BCUT2D eigenvalue weighted by Crippen LogP contribution is 2.12. The van der Waals surface area contributed by atoms with E-state index in [-0.39, 0.29) is 0 Å². The van der Waals surface area contributed by atoms with Crippen LogP contribution in [0.25, 0.3) is 11.3 Å². The molecule has 1 aromatic heterocycles. The van der Waals surface area contributed by atoms with E-state index in [0.29, 0.717) is 0 Å². The third-order valence-electron chi connectivity index (χ3n) is 1.45. The van der Waals surface area contributed by atoms with Crippen molar-refractivity contribution in [2.75, 3.05) is 0 Å². The maximum Gasteiger partial charge on any atom is 0.0662 e. The van der Waals surface area contributed by atoms with Gasteiger partial charge in [0, 0.05) is 6.20 Å². The monoisotopic (exact) mass is 144 g/mol. The zero-order valence-corrected chi connectivity index (χ0v) is 5.81. The minimum atomic E-state index is 0.825. The van der Waals surface area contributed by atoms with Gasteiger partial charge in [0.25, 0.3) is 0 Å². The summed E-state index contributed by atoms with van der Waals surface area (Å²) in [6.07, 6.45) is 1.65. The molecule has 0 N–H and O–H groups in total. The van der Waals surface area contributed by atoms with E-state index < -0.39 is 0 Å². The SMILES string of the molecule is c1ccc(-c2cn[n-]n2)cc1. The molecular weight excluding hydrogens is 138 g/mol. The van der Waals surface area contributed by atoms with E-state index in [2.05, 4.69) is 15.4 Å². The number of aromatic nitrogens is 3. The summed E-state index contributed by atoms with van der Waals surface area (Å²) >= 11 is 0. The second-order valence-corrected chi connectivity index (χ2v) is 2.19. The van der Waals surface area contributed by atoms with Gasteiger partial charge in [0.05, 0.1) is 5.69 Å². The first-order valence-electron chi connectivity index (χ1n) is 3.33. The molecule has 0 aliphatic rings. The lowest BCUT2D eigenvalue weighted by molar-refractivity contribution is 0.911. The van der Waals surface area contributed by atoms with Gasteiger partial charge in [-0.05, 0) is 5.56 Å². The van der Waals surface area contributed by atoms with Crippen LogP contribution in [0, 0.1) is 0 Å². The van der Waals surface area contributed by atoms with Gasteiger partial charge in [-0.2, -0.15) is 0 Å². The number of benzene rings is 1. The molecule has 0 aliphatic carbocycles. The first-order valence-corrected chi connectivity index (χ1v) is 3.33. The van der Waals surface area contributed by atoms with Crippen LogP contribution in [0.4, 0.5) is 0 Å². The van der Waals surface area contributed by atoms with Crippen molar-refractivity contribution in [1.29, 1.82) is 0 Å². The van der Waals surface area contributed by atoms with Crippen LogP contribution in [-0.4, -0.2) is 10.2 Å². The Hall–Kier alpha value is -1.64. The van der Waals surface area contributed by atoms with Crippen LogP contribution in [0.15, 0.2) is 36.5 Å². The van der Waals surface area contributed by atoms with Crippen LogP contribution >= 0.6 is 0 Å². The molecule has 0 atom stereocenters. The molecule has 3 nitrogen and oxygen atoms in total. The maximum atomic E-state index is 3.83. The van der Waals surface area contributed by atoms with E-state index in [0.717, 1.165) is 11.3 Å². The Morgan fingerprint density at radius 3 is 2.55 bits per heavy atom. The number of rotatable bonds is 1. The molecule has 0 amide bonds. The smallest absolute Gasteiger partial charge is 0.0662 e. The fourth-order valence-corrected chi connectivity index (χ4v) is 0.922. The summed E-state index contributed by atoms with van der Waals surface area (Å²) in [4.78, 5) is 0. The average molecular weight is 144 g/mol. The van der Waals surface area contributed by atoms with E-state index in [1.165, 1.54) is 0 Å². The second-order valence-electron chi connectivity index (χ2n) is 2.19. The lowest BCUT2D eigenvalue weighted by atomic mass is 10.2. The van der Waals surface area contributed by atoms with Crippen molar-refractivity contribution < 1.29 is 0 Å². The molecule has 2 rings (SSSR count). The van der Waals surface area contributed by atoms with Crippen molar-refractivity contribution in [3.63, 3.8) is 0 Å². The molecule has 54 valence electrons. The van der Waals surface area contributed by atoms with Gasteiger partial charge in [0.1, 0.15) is 0 Å². The molecule has 0 bridgehead atoms. The molecule has 0 unspecified atom stereocenters. The van der Waals surface area contributed by atoms with Gasteiger partial charge in [-0.3, -0.25) is 0 Å². The van der Waals surface area contributed by atoms with Crippen LogP contribution in [0.2, 0.25) is 0 Å². The molecule has 0 aliphatic heterocycles. The molecule has 2 aromatic rings. The van der Waals surface area contributed by atoms with E-state index in [1.807, 2.05) is 30.3 Å². The zero-order chi connectivity index (χ0) is 7.52. The largest absolute Gasteiger partial charge is 0.493 e. The fourth-order valence-electron chi connectivity index (χ4n) is 0.922. The van der Waals surface area contributed by atoms with E-state index in [9.17, 15) is 0 Å². The molecule has 0 saturated carbocycles. The summed E-state index contributed by atoms with van der Waals surface area (Å²) in [5.74, 6) is 0. The lowest BCUT2D eigenvalue weighted by Gasteiger charge is -1.94. The Labute approximate surface area is 64.1 Å². The Bertz CT molecular complexity index is 312. The molecule has 11 heavy (non-hydrogen) atoms. The molecule has 0 spiro atoms. The quantitative estimate of drug-likeness (QED) is 0.601. The summed E-state index contributed by atoms with van der Waals surface area (Å²) in [6.45, 7) is 0. The highest BCUT2D eigenvalue weighted by molar-refractivity contribution is 5.56. The van der Waals surface area contributed by atoms with E-state index >= 15 is 0 Å². The van der Waals surface area contributed by atoms with Crippen LogP contribution in [0.3, 0.4) is 0 Å². The minimum Gasteiger partial charge on any atom is -0.493 e. The predicted octanol–water partition coefficient (Wildman–Crippen LogP) is 1.10. The number of hydrogen-bond donors (Lipinski definition) is 0. The summed E-state index contributed by atoms with van der Waals surface area (Å²) in [5.41, 5.74) is 1.88. The molecule has 1 aromatic carbocycles. The van der Waals surface area contributed by atoms with Crippen molar-refractivity contribution in [1.82, 2.24) is 15.4 Å². The summed E-state index contributed by atoms with van der Waals surface area (Å²) < 4.78 is 0. The highest BCUT2D eigenvalue weighted by atomic mass is 15.3. The van der Waals surface area contributed by atoms with Gasteiger partial charge in [0.2, 0.25) is 0 Å². The Kier molecular flexibility index (Phi) is 1.41. The standard InChI is InChI=1S/C8H6N3/c1-2-4-7(5-3-1)8-6-9-11-10-8/h1-6H/q-1. The first kappa shape index (κ1) is 6.09. The molecule has 1 heterocycles. The van der Waals surface area contributed by atoms with Crippen LogP contribution in [0.5, 0.6) is 0 Å². The molecular formula is C8H6N3-. The van der Waals surface area contributed by atoms with Crippen molar-refractivity contribution in [2.24, 2.45) is 0 Å². The Morgan fingerprint density at radius 1 is 1.09 bits per heavy atom. The van der Waals surface area contributed by atoms with Crippen LogP contribution in [0.1, 0.15) is 0 Å². The lowest BCUT2D eigenvalue weighted by Crippen LogP contribution is -1.77. The summed E-state index contributed by atoms with van der Waals surface area (Å²) in [5, 5.41) is 11.0. The van der Waals surface area contributed by atoms with E-state index in [4.69, 9.17) is 0 Å². The van der Waals surface area contributed by atoms with Gasteiger partial charge < -0.3 is 15.4 Å². The van der Waals surface area contributed by atoms with Gasteiger partial charge in [-0.15, -0.1) is 0 Å². The summed E-state index contributed by atoms with van der Waals surface area (Å²) in [7, 11) is 0. The third-order valence-corrected chi connectivity index (χ3v) is 1.45. The van der Waals surface area contributed by atoms with Crippen molar-refractivity contribution in [3.05, 3.63) is 36.5 Å². The van der Waals surface area contributed by atoms with Crippen LogP contribution in [-0.2, 0) is 0 Å². The highest BCUT2D eigenvalue weighted by Gasteiger charge is 1.91. The van der Waals surface area contributed by atoms with Crippen molar-refractivity contribution >= 4 is 0 Å². The first-order chi connectivity index (χ1) is 5.47. The third kappa shape index (κ3) is 1.12. The molecule has 0 fully saturated rings. The second kappa shape index (κ2) is 2.54. The zero-order valence-electron chi connectivity index (χ0n) is 5.81. The van der Waals surface area contributed by atoms with Gasteiger partial charge >= 0.3 is 0 Å². The molecule has 3 heteroatoms. The number of nitrogens with zero attached hydrogens (tertiary/aromatic N) is 3. The van der Waals surface area contributed by atoms with Crippen molar-refractivity contribution in [2.45, 2.75) is 0 Å². The number of hydrogen-bond acceptors (Lipinski definition) is 2. The Balaban J connectivity index is 2.46. The average Bonchev–Trinajstić information content (AvgIpc) is 2.58.